The van der Waals surface area contributed by atoms with E-state index in [1.54, 1.807) is 26.0 Å². The van der Waals surface area contributed by atoms with Gasteiger partial charge in [0.05, 0.1) is 21.0 Å². The molecule has 124 valence electrons. The number of H-pyrrole nitrogens is 1. The molecule has 3 rings (SSSR count). The molecule has 0 unspecified atom stereocenters. The molecule has 0 saturated heterocycles. The Bertz CT molecular complexity index is 985. The largest absolute Gasteiger partial charge is 0.478 e. The zero-order valence-electron chi connectivity index (χ0n) is 12.7. The summed E-state index contributed by atoms with van der Waals surface area (Å²) in [4.78, 5) is 14.9. The van der Waals surface area contributed by atoms with E-state index in [4.69, 9.17) is 16.7 Å². The molecular weight excluding hydrogens is 356 g/mol. The van der Waals surface area contributed by atoms with Gasteiger partial charge in [0.25, 0.3) is 0 Å². The number of carboxylic acid groups (broad SMARTS) is 1. The lowest BCUT2D eigenvalue weighted by atomic mass is 10.1. The summed E-state index contributed by atoms with van der Waals surface area (Å²) in [5.74, 6) is -2.70. The van der Waals surface area contributed by atoms with Gasteiger partial charge in [-0.2, -0.15) is 0 Å². The van der Waals surface area contributed by atoms with Crippen molar-refractivity contribution in [3.8, 4) is 0 Å². The van der Waals surface area contributed by atoms with Crippen LogP contribution in [0.5, 0.6) is 0 Å². The first kappa shape index (κ1) is 16.8. The van der Waals surface area contributed by atoms with Crippen LogP contribution in [0.2, 0.25) is 5.02 Å². The first-order chi connectivity index (χ1) is 11.3. The highest BCUT2D eigenvalue weighted by Crippen LogP contribution is 2.41. The van der Waals surface area contributed by atoms with E-state index in [1.807, 2.05) is 0 Å². The van der Waals surface area contributed by atoms with Crippen LogP contribution in [0.25, 0.3) is 10.9 Å². The second-order valence-corrected chi connectivity index (χ2v) is 6.77. The number of carboxylic acids is 1. The number of carbonyl (C=O) groups is 1. The minimum absolute atomic E-state index is 0.00413. The Labute approximate surface area is 145 Å². The highest BCUT2D eigenvalue weighted by Gasteiger charge is 2.21. The number of benzene rings is 2. The third kappa shape index (κ3) is 2.65. The van der Waals surface area contributed by atoms with Gasteiger partial charge in [-0.25, -0.2) is 13.6 Å². The van der Waals surface area contributed by atoms with Gasteiger partial charge in [0.15, 0.2) is 11.6 Å². The monoisotopic (exact) mass is 367 g/mol. The molecule has 3 aromatic rings. The molecule has 3 nitrogen and oxygen atoms in total. The zero-order valence-corrected chi connectivity index (χ0v) is 14.3. The summed E-state index contributed by atoms with van der Waals surface area (Å²) in [6, 6.07) is 5.88. The maximum absolute atomic E-state index is 14.5. The Morgan fingerprint density at radius 2 is 1.83 bits per heavy atom. The molecule has 0 aliphatic carbocycles. The molecule has 24 heavy (non-hydrogen) atoms. The van der Waals surface area contributed by atoms with Crippen molar-refractivity contribution >= 4 is 40.2 Å². The fourth-order valence-corrected chi connectivity index (χ4v) is 3.76. The number of aromatic nitrogens is 1. The van der Waals surface area contributed by atoms with Crippen molar-refractivity contribution in [3.05, 3.63) is 57.7 Å². The summed E-state index contributed by atoms with van der Waals surface area (Å²) >= 11 is 6.86. The van der Waals surface area contributed by atoms with E-state index < -0.39 is 23.2 Å². The normalized spacial score (nSPS) is 11.2. The number of hydrogen-bond donors (Lipinski definition) is 2. The average Bonchev–Trinajstić information content (AvgIpc) is 2.83. The maximum Gasteiger partial charge on any atom is 0.338 e. The standard InChI is InChI=1S/C17H12ClF2NO2S/c1-7-3-4-9(17(22)23)12(19)15(7)24-16-8(2)21-14-10(16)5-6-11(18)13(14)20/h3-6,21H,1-2H3,(H,22,23). The Morgan fingerprint density at radius 1 is 1.12 bits per heavy atom. The van der Waals surface area contributed by atoms with E-state index in [0.29, 0.717) is 21.5 Å². The third-order valence-electron chi connectivity index (χ3n) is 3.72. The van der Waals surface area contributed by atoms with E-state index >= 15 is 0 Å². The van der Waals surface area contributed by atoms with Gasteiger partial charge >= 0.3 is 5.97 Å². The SMILES string of the molecule is Cc1ccc(C(=O)O)c(F)c1Sc1c(C)[nH]c2c(F)c(Cl)ccc12. The predicted molar refractivity (Wildman–Crippen MR) is 90.2 cm³/mol. The van der Waals surface area contributed by atoms with Gasteiger partial charge in [0.2, 0.25) is 0 Å². The van der Waals surface area contributed by atoms with E-state index in [9.17, 15) is 13.6 Å². The highest BCUT2D eigenvalue weighted by atomic mass is 35.5. The first-order valence-corrected chi connectivity index (χ1v) is 8.17. The van der Waals surface area contributed by atoms with Crippen molar-refractivity contribution in [2.45, 2.75) is 23.6 Å². The minimum Gasteiger partial charge on any atom is -0.478 e. The summed E-state index contributed by atoms with van der Waals surface area (Å²) in [6.07, 6.45) is 0. The molecule has 0 bridgehead atoms. The Kier molecular flexibility index (Phi) is 4.27. The Hall–Kier alpha value is -2.05. The molecule has 2 aromatic carbocycles. The lowest BCUT2D eigenvalue weighted by Crippen LogP contribution is -2.02. The van der Waals surface area contributed by atoms with Crippen LogP contribution in [-0.4, -0.2) is 16.1 Å². The van der Waals surface area contributed by atoms with Crippen LogP contribution in [0.4, 0.5) is 8.78 Å². The molecule has 0 spiro atoms. The first-order valence-electron chi connectivity index (χ1n) is 6.97. The molecule has 7 heteroatoms. The summed E-state index contributed by atoms with van der Waals surface area (Å²) in [5.41, 5.74) is 1.10. The molecule has 0 saturated carbocycles. The molecule has 0 atom stereocenters. The lowest BCUT2D eigenvalue weighted by molar-refractivity contribution is 0.0691. The van der Waals surface area contributed by atoms with Crippen molar-refractivity contribution in [3.63, 3.8) is 0 Å². The molecule has 0 aliphatic rings. The maximum atomic E-state index is 14.5. The number of fused-ring (bicyclic) bond motifs is 1. The fraction of sp³-hybridized carbons (Fsp3) is 0.118. The van der Waals surface area contributed by atoms with Gasteiger partial charge in [0, 0.05) is 16.0 Å². The summed E-state index contributed by atoms with van der Waals surface area (Å²) < 4.78 is 28.7. The molecule has 0 amide bonds. The van der Waals surface area contributed by atoms with Crippen LogP contribution in [0, 0.1) is 25.5 Å². The van der Waals surface area contributed by atoms with Crippen molar-refractivity contribution in [2.24, 2.45) is 0 Å². The van der Waals surface area contributed by atoms with E-state index in [1.165, 1.54) is 12.1 Å². The average molecular weight is 368 g/mol. The van der Waals surface area contributed by atoms with Crippen LogP contribution in [0.15, 0.2) is 34.1 Å². The molecule has 0 fully saturated rings. The molecule has 0 radical (unpaired) electrons. The van der Waals surface area contributed by atoms with E-state index in [2.05, 4.69) is 4.98 Å². The lowest BCUT2D eigenvalue weighted by Gasteiger charge is -2.09. The van der Waals surface area contributed by atoms with Gasteiger partial charge in [-0.15, -0.1) is 0 Å². The van der Waals surface area contributed by atoms with Gasteiger partial charge in [0.1, 0.15) is 0 Å². The van der Waals surface area contributed by atoms with Crippen LogP contribution in [0.1, 0.15) is 21.6 Å². The fourth-order valence-electron chi connectivity index (χ4n) is 2.48. The van der Waals surface area contributed by atoms with Crippen molar-refractivity contribution in [1.29, 1.82) is 0 Å². The topological polar surface area (TPSA) is 53.1 Å². The summed E-state index contributed by atoms with van der Waals surface area (Å²) in [6.45, 7) is 3.43. The second-order valence-electron chi connectivity index (χ2n) is 5.34. The summed E-state index contributed by atoms with van der Waals surface area (Å²) in [7, 11) is 0. The second kappa shape index (κ2) is 6.11. The quantitative estimate of drug-likeness (QED) is 0.636. The number of rotatable bonds is 3. The number of nitrogens with one attached hydrogen (secondary N) is 1. The molecule has 0 aliphatic heterocycles. The third-order valence-corrected chi connectivity index (χ3v) is 5.45. The van der Waals surface area contributed by atoms with E-state index in [0.717, 1.165) is 11.8 Å². The Morgan fingerprint density at radius 3 is 2.50 bits per heavy atom. The van der Waals surface area contributed by atoms with Crippen molar-refractivity contribution in [1.82, 2.24) is 4.98 Å². The zero-order chi connectivity index (χ0) is 17.6. The number of hydrogen-bond acceptors (Lipinski definition) is 2. The van der Waals surface area contributed by atoms with Crippen molar-refractivity contribution < 1.29 is 18.7 Å². The smallest absolute Gasteiger partial charge is 0.338 e. The van der Waals surface area contributed by atoms with Crippen LogP contribution in [0.3, 0.4) is 0 Å². The number of aromatic carboxylic acids is 1. The highest BCUT2D eigenvalue weighted by molar-refractivity contribution is 7.99. The van der Waals surface area contributed by atoms with E-state index in [-0.39, 0.29) is 15.4 Å². The number of aryl methyl sites for hydroxylation is 2. The minimum atomic E-state index is -1.33. The molecular formula is C17H12ClF2NO2S. The van der Waals surface area contributed by atoms with Crippen LogP contribution in [-0.2, 0) is 0 Å². The van der Waals surface area contributed by atoms with Gasteiger partial charge in [-0.3, -0.25) is 0 Å². The Balaban J connectivity index is 2.18. The van der Waals surface area contributed by atoms with Crippen LogP contribution < -0.4 is 0 Å². The molecule has 1 aromatic heterocycles. The van der Waals surface area contributed by atoms with Crippen LogP contribution >= 0.6 is 23.4 Å². The number of aromatic amines is 1. The van der Waals surface area contributed by atoms with Crippen molar-refractivity contribution in [2.75, 3.05) is 0 Å². The molecule has 1 heterocycles. The summed E-state index contributed by atoms with van der Waals surface area (Å²) in [5, 5.41) is 9.64. The molecule has 2 N–H and O–H groups in total. The predicted octanol–water partition coefficient (Wildman–Crippen LogP) is 5.57. The van der Waals surface area contributed by atoms with Gasteiger partial charge < -0.3 is 10.1 Å². The van der Waals surface area contributed by atoms with Gasteiger partial charge in [-0.1, -0.05) is 29.4 Å². The van der Waals surface area contributed by atoms with Gasteiger partial charge in [-0.05, 0) is 37.6 Å². The number of halogens is 3.